The van der Waals surface area contributed by atoms with Crippen LogP contribution in [0.5, 0.6) is 11.5 Å². The van der Waals surface area contributed by atoms with Gasteiger partial charge >= 0.3 is 202 Å². The van der Waals surface area contributed by atoms with Gasteiger partial charge in [0.1, 0.15) is 0 Å². The summed E-state index contributed by atoms with van der Waals surface area (Å²) >= 11 is 6.12. The number of rotatable bonds is 7. The zero-order valence-electron chi connectivity index (χ0n) is 18.0. The first-order valence-corrected chi connectivity index (χ1v) is 11.0. The minimum absolute atomic E-state index is 0.116. The summed E-state index contributed by atoms with van der Waals surface area (Å²) < 4.78 is 23.2. The van der Waals surface area contributed by atoms with Crippen LogP contribution in [-0.4, -0.2) is 37.6 Å². The van der Waals surface area contributed by atoms with Crippen LogP contribution < -0.4 is 9.47 Å². The van der Waals surface area contributed by atoms with Crippen LogP contribution in [0.1, 0.15) is 16.7 Å². The average Bonchev–Trinajstić information content (AvgIpc) is 3.41. The van der Waals surface area contributed by atoms with Crippen LogP contribution in [0.4, 0.5) is 0 Å². The van der Waals surface area contributed by atoms with Crippen molar-refractivity contribution in [3.8, 4) is 11.5 Å². The Morgan fingerprint density at radius 1 is 1.03 bits per heavy atom. The number of ether oxygens (including phenoxy) is 4. The number of hydrogen-bond donors (Lipinski definition) is 1. The van der Waals surface area contributed by atoms with Crippen molar-refractivity contribution in [2.45, 2.75) is 12.2 Å². The Kier molecular flexibility index (Phi) is 5.90. The Morgan fingerprint density at radius 2 is 1.76 bits per heavy atom. The number of fused-ring (bicyclic) bond motifs is 1. The molecule has 0 saturated carbocycles. The van der Waals surface area contributed by atoms with Crippen molar-refractivity contribution >= 4 is 36.3 Å². The normalized spacial score (nSPS) is 18.8. The van der Waals surface area contributed by atoms with E-state index in [2.05, 4.69) is 0 Å². The molecule has 0 aliphatic carbocycles. The first kappa shape index (κ1) is 22.3. The number of hydrogen-bond acceptors (Lipinski definition) is 5. The van der Waals surface area contributed by atoms with E-state index in [1.807, 2.05) is 42.5 Å². The zero-order chi connectivity index (χ0) is 23.7. The van der Waals surface area contributed by atoms with Crippen LogP contribution in [-0.2, 0) is 26.5 Å². The van der Waals surface area contributed by atoms with Crippen molar-refractivity contribution < 1.29 is 28.8 Å². The van der Waals surface area contributed by atoms with Gasteiger partial charge in [-0.3, -0.25) is 0 Å². The summed E-state index contributed by atoms with van der Waals surface area (Å²) in [5.74, 6) is -1.47. The number of benzene rings is 3. The first-order valence-electron chi connectivity index (χ1n) is 10.6. The molecule has 1 unspecified atom stereocenters. The van der Waals surface area contributed by atoms with E-state index in [4.69, 9.17) is 38.0 Å². The molecule has 1 atom stereocenters. The molecule has 0 amide bonds. The molecule has 3 aromatic rings. The van der Waals surface area contributed by atoms with E-state index in [0.29, 0.717) is 39.7 Å². The van der Waals surface area contributed by atoms with E-state index in [0.717, 1.165) is 11.1 Å². The summed E-state index contributed by atoms with van der Waals surface area (Å²) in [6.45, 7) is -0.455. The zero-order valence-corrected chi connectivity index (χ0v) is 18.7. The summed E-state index contributed by atoms with van der Waals surface area (Å²) in [7, 11) is 6.46. The SMILES string of the molecule is [B]=C1OC(OCC(=O)O)(c2ccc(Cl)cc2)C(Cc2ccccc2)=C1c1ccc2c(c1)OCO2. The summed E-state index contributed by atoms with van der Waals surface area (Å²) in [5, 5.41) is 9.95. The molecule has 1 N–H and O–H groups in total. The number of carbonyl (C=O) groups is 1. The molecular formula is C26H19BClO6. The molecule has 0 saturated heterocycles. The van der Waals surface area contributed by atoms with E-state index in [-0.39, 0.29) is 12.4 Å². The third-order valence-electron chi connectivity index (χ3n) is 5.71. The molecule has 6 nitrogen and oxygen atoms in total. The molecule has 5 rings (SSSR count). The van der Waals surface area contributed by atoms with Crippen molar-refractivity contribution in [1.29, 1.82) is 0 Å². The van der Waals surface area contributed by atoms with Gasteiger partial charge in [-0.05, 0) is 0 Å². The van der Waals surface area contributed by atoms with E-state index in [1.54, 1.807) is 30.3 Å². The fraction of sp³-hybridized carbons (Fsp3) is 0.154. The maximum absolute atomic E-state index is 11.5. The minimum atomic E-state index is -1.56. The predicted octanol–water partition coefficient (Wildman–Crippen LogP) is 4.35. The van der Waals surface area contributed by atoms with Crippen LogP contribution in [0.2, 0.25) is 5.02 Å². The summed E-state index contributed by atoms with van der Waals surface area (Å²) in [6, 6.07) is 22.1. The van der Waals surface area contributed by atoms with Gasteiger partial charge in [0.2, 0.25) is 0 Å². The van der Waals surface area contributed by atoms with Gasteiger partial charge in [0.25, 0.3) is 0 Å². The molecule has 2 aliphatic heterocycles. The summed E-state index contributed by atoms with van der Waals surface area (Å²) in [6.07, 6.45) is 0.396. The summed E-state index contributed by atoms with van der Waals surface area (Å²) in [5.41, 5.74) is 3.68. The fourth-order valence-electron chi connectivity index (χ4n) is 4.22. The van der Waals surface area contributed by atoms with Gasteiger partial charge in [-0.15, -0.1) is 0 Å². The quantitative estimate of drug-likeness (QED) is 0.514. The molecule has 2 aliphatic rings. The van der Waals surface area contributed by atoms with Gasteiger partial charge in [-0.1, -0.05) is 0 Å². The van der Waals surface area contributed by atoms with Crippen molar-refractivity contribution in [2.75, 3.05) is 13.4 Å². The Bertz CT molecular complexity index is 1290. The molecule has 0 spiro atoms. The van der Waals surface area contributed by atoms with Crippen LogP contribution in [0.25, 0.3) is 5.57 Å². The molecule has 0 fully saturated rings. The van der Waals surface area contributed by atoms with Crippen molar-refractivity contribution in [1.82, 2.24) is 0 Å². The van der Waals surface area contributed by atoms with Gasteiger partial charge in [0.15, 0.2) is 0 Å². The van der Waals surface area contributed by atoms with Crippen LogP contribution in [0.15, 0.2) is 78.4 Å². The second-order valence-corrected chi connectivity index (χ2v) is 8.29. The number of halogens is 1. The molecule has 1 radical (unpaired) electrons. The first-order chi connectivity index (χ1) is 16.5. The van der Waals surface area contributed by atoms with Crippen LogP contribution >= 0.6 is 11.6 Å². The van der Waals surface area contributed by atoms with E-state index in [9.17, 15) is 9.90 Å². The van der Waals surface area contributed by atoms with E-state index < -0.39 is 18.4 Å². The van der Waals surface area contributed by atoms with Crippen molar-refractivity contribution in [3.05, 3.63) is 100 Å². The van der Waals surface area contributed by atoms with Gasteiger partial charge < -0.3 is 0 Å². The molecule has 0 aromatic heterocycles. The third-order valence-corrected chi connectivity index (χ3v) is 5.96. The fourth-order valence-corrected chi connectivity index (χ4v) is 4.35. The van der Waals surface area contributed by atoms with E-state index in [1.165, 1.54) is 0 Å². The standard InChI is InChI=1S/C26H19BClO6/c27-25-24(17-6-11-21-22(13-17)32-15-31-21)20(12-16-4-2-1-3-5-16)26(34-25,33-14-23(29)30)18-7-9-19(28)10-8-18/h1-11,13H,12,14-15H2,(H,29,30). The Morgan fingerprint density at radius 3 is 2.50 bits per heavy atom. The van der Waals surface area contributed by atoms with Gasteiger partial charge in [-0.2, -0.15) is 0 Å². The molecule has 2 heterocycles. The average molecular weight is 474 g/mol. The molecule has 34 heavy (non-hydrogen) atoms. The van der Waals surface area contributed by atoms with Gasteiger partial charge in [0, 0.05) is 0 Å². The molecule has 3 aromatic carbocycles. The second-order valence-electron chi connectivity index (χ2n) is 7.86. The maximum atomic E-state index is 11.5. The van der Waals surface area contributed by atoms with Gasteiger partial charge in [0.05, 0.1) is 0 Å². The van der Waals surface area contributed by atoms with Crippen LogP contribution in [0.3, 0.4) is 0 Å². The predicted molar refractivity (Wildman–Crippen MR) is 128 cm³/mol. The molecule has 0 bridgehead atoms. The van der Waals surface area contributed by atoms with Gasteiger partial charge in [-0.25, -0.2) is 0 Å². The number of aliphatic carboxylic acids is 1. The second kappa shape index (κ2) is 9.01. The van der Waals surface area contributed by atoms with Crippen molar-refractivity contribution in [3.63, 3.8) is 0 Å². The summed E-state index contributed by atoms with van der Waals surface area (Å²) in [4.78, 5) is 11.5. The topological polar surface area (TPSA) is 74.2 Å². The molecular weight excluding hydrogens is 455 g/mol. The van der Waals surface area contributed by atoms with Crippen LogP contribution in [0, 0.1) is 0 Å². The Hall–Kier alpha value is -3.55. The molecule has 8 heteroatoms. The Labute approximate surface area is 202 Å². The molecule has 169 valence electrons. The third kappa shape index (κ3) is 4.09. The monoisotopic (exact) mass is 473 g/mol. The Balaban J connectivity index is 1.72. The van der Waals surface area contributed by atoms with E-state index >= 15 is 0 Å². The number of carboxylic acid groups (broad SMARTS) is 1. The van der Waals surface area contributed by atoms with Crippen molar-refractivity contribution in [2.24, 2.45) is 0 Å². The number of carboxylic acids is 1.